The van der Waals surface area contributed by atoms with E-state index in [4.69, 9.17) is 11.6 Å². The van der Waals surface area contributed by atoms with Crippen molar-refractivity contribution in [3.05, 3.63) is 98.9 Å². The van der Waals surface area contributed by atoms with Gasteiger partial charge in [-0.05, 0) is 24.3 Å². The van der Waals surface area contributed by atoms with E-state index in [2.05, 4.69) is 10.3 Å². The van der Waals surface area contributed by atoms with E-state index >= 15 is 0 Å². The molecule has 0 radical (unpaired) electrons. The first-order valence-electron chi connectivity index (χ1n) is 8.88. The fourth-order valence-corrected chi connectivity index (χ4v) is 3.93. The third-order valence-electron chi connectivity index (χ3n) is 4.34. The molecule has 1 heterocycles. The average Bonchev–Trinajstić information content (AvgIpc) is 3.25. The van der Waals surface area contributed by atoms with E-state index in [1.165, 1.54) is 29.5 Å². The van der Waals surface area contributed by atoms with Crippen molar-refractivity contribution < 1.29 is 9.72 Å². The van der Waals surface area contributed by atoms with Crippen molar-refractivity contribution in [1.29, 1.82) is 0 Å². The number of thiazole rings is 1. The lowest BCUT2D eigenvalue weighted by Gasteiger charge is -2.07. The van der Waals surface area contributed by atoms with E-state index < -0.39 is 10.8 Å². The number of amides is 1. The average molecular weight is 436 g/mol. The van der Waals surface area contributed by atoms with E-state index in [0.29, 0.717) is 5.69 Å². The predicted octanol–water partition coefficient (Wildman–Crippen LogP) is 6.29. The van der Waals surface area contributed by atoms with E-state index in [1.54, 1.807) is 18.2 Å². The second kappa shape index (κ2) is 8.44. The molecule has 3 aromatic carbocycles. The third kappa shape index (κ3) is 4.22. The van der Waals surface area contributed by atoms with Gasteiger partial charge in [0, 0.05) is 33.3 Å². The third-order valence-corrected chi connectivity index (χ3v) is 5.47. The van der Waals surface area contributed by atoms with Gasteiger partial charge in [0.2, 0.25) is 0 Å². The first kappa shape index (κ1) is 19.8. The first-order chi connectivity index (χ1) is 14.5. The topological polar surface area (TPSA) is 85.1 Å². The lowest BCUT2D eigenvalue weighted by atomic mass is 10.1. The molecule has 0 saturated heterocycles. The number of anilines is 1. The number of nitrogens with one attached hydrogen (secondary N) is 1. The van der Waals surface area contributed by atoms with Gasteiger partial charge in [-0.15, -0.1) is 11.3 Å². The number of aromatic nitrogens is 1. The van der Waals surface area contributed by atoms with Crippen LogP contribution in [-0.2, 0) is 0 Å². The summed E-state index contributed by atoms with van der Waals surface area (Å²) >= 11 is 7.45. The van der Waals surface area contributed by atoms with Gasteiger partial charge in [-0.1, -0.05) is 54.1 Å². The largest absolute Gasteiger partial charge is 0.322 e. The SMILES string of the molecule is O=C(Nc1cccc(-c2csc(-c3ccccc3)n2)c1)c1cc(Cl)ccc1[N+](=O)[O-]. The minimum absolute atomic E-state index is 0.0991. The maximum Gasteiger partial charge on any atom is 0.282 e. The van der Waals surface area contributed by atoms with E-state index in [-0.39, 0.29) is 16.3 Å². The number of rotatable bonds is 5. The van der Waals surface area contributed by atoms with Crippen molar-refractivity contribution in [2.45, 2.75) is 0 Å². The number of hydrogen-bond acceptors (Lipinski definition) is 5. The molecule has 0 aliphatic rings. The minimum Gasteiger partial charge on any atom is -0.322 e. The van der Waals surface area contributed by atoms with Crippen molar-refractivity contribution in [2.75, 3.05) is 5.32 Å². The van der Waals surface area contributed by atoms with Gasteiger partial charge < -0.3 is 5.32 Å². The van der Waals surface area contributed by atoms with Gasteiger partial charge in [0.1, 0.15) is 10.6 Å². The zero-order valence-corrected chi connectivity index (χ0v) is 17.0. The summed E-state index contributed by atoms with van der Waals surface area (Å²) in [6, 6.07) is 20.9. The molecule has 0 aliphatic carbocycles. The molecule has 148 valence electrons. The van der Waals surface area contributed by atoms with Gasteiger partial charge in [0.05, 0.1) is 10.6 Å². The molecule has 0 fully saturated rings. The summed E-state index contributed by atoms with van der Waals surface area (Å²) in [6.45, 7) is 0. The Bertz CT molecular complexity index is 1240. The van der Waals surface area contributed by atoms with E-state index in [1.807, 2.05) is 41.8 Å². The Hall–Kier alpha value is -3.55. The summed E-state index contributed by atoms with van der Waals surface area (Å²) in [5, 5.41) is 17.0. The summed E-state index contributed by atoms with van der Waals surface area (Å²) < 4.78 is 0. The Labute approximate surface area is 180 Å². The van der Waals surface area contributed by atoms with Gasteiger partial charge in [0.15, 0.2) is 0 Å². The van der Waals surface area contributed by atoms with Gasteiger partial charge in [-0.2, -0.15) is 0 Å². The molecule has 0 spiro atoms. The summed E-state index contributed by atoms with van der Waals surface area (Å²) in [6.07, 6.45) is 0. The molecule has 0 bridgehead atoms. The Morgan fingerprint density at radius 2 is 1.77 bits per heavy atom. The lowest BCUT2D eigenvalue weighted by Crippen LogP contribution is -2.14. The molecular formula is C22H14ClN3O3S. The molecular weight excluding hydrogens is 422 g/mol. The highest BCUT2D eigenvalue weighted by Gasteiger charge is 2.20. The molecule has 0 aliphatic heterocycles. The quantitative estimate of drug-likeness (QED) is 0.295. The number of nitro benzene ring substituents is 1. The Morgan fingerprint density at radius 1 is 1.00 bits per heavy atom. The van der Waals surface area contributed by atoms with Crippen LogP contribution in [0.4, 0.5) is 11.4 Å². The number of halogens is 1. The van der Waals surface area contributed by atoms with Crippen LogP contribution in [-0.4, -0.2) is 15.8 Å². The van der Waals surface area contributed by atoms with Crippen LogP contribution in [0.5, 0.6) is 0 Å². The van der Waals surface area contributed by atoms with Gasteiger partial charge in [-0.25, -0.2) is 4.98 Å². The molecule has 6 nitrogen and oxygen atoms in total. The molecule has 1 aromatic heterocycles. The smallest absolute Gasteiger partial charge is 0.282 e. The molecule has 1 amide bonds. The Balaban J connectivity index is 1.59. The molecule has 4 rings (SSSR count). The van der Waals surface area contributed by atoms with Crippen LogP contribution >= 0.6 is 22.9 Å². The van der Waals surface area contributed by atoms with Gasteiger partial charge in [-0.3, -0.25) is 14.9 Å². The van der Waals surface area contributed by atoms with Crippen LogP contribution in [0, 0.1) is 10.1 Å². The van der Waals surface area contributed by atoms with Crippen molar-refractivity contribution in [2.24, 2.45) is 0 Å². The molecule has 30 heavy (non-hydrogen) atoms. The number of nitro groups is 1. The number of carbonyl (C=O) groups is 1. The fourth-order valence-electron chi connectivity index (χ4n) is 2.92. The minimum atomic E-state index is -0.609. The number of carbonyl (C=O) groups excluding carboxylic acids is 1. The highest BCUT2D eigenvalue weighted by molar-refractivity contribution is 7.13. The standard InChI is InChI=1S/C22H14ClN3O3S/c23-16-9-10-20(26(28)29)18(12-16)21(27)24-17-8-4-7-15(11-17)19-13-30-22(25-19)14-5-2-1-3-6-14/h1-13H,(H,24,27). The lowest BCUT2D eigenvalue weighted by molar-refractivity contribution is -0.385. The summed E-state index contributed by atoms with van der Waals surface area (Å²) in [7, 11) is 0. The van der Waals surface area contributed by atoms with Gasteiger partial charge >= 0.3 is 0 Å². The Kier molecular flexibility index (Phi) is 5.56. The highest BCUT2D eigenvalue weighted by Crippen LogP contribution is 2.30. The zero-order valence-electron chi connectivity index (χ0n) is 15.4. The van der Waals surface area contributed by atoms with Crippen molar-refractivity contribution in [3.8, 4) is 21.8 Å². The second-order valence-corrected chi connectivity index (χ2v) is 7.65. The molecule has 8 heteroatoms. The van der Waals surface area contributed by atoms with Crippen LogP contribution in [0.2, 0.25) is 5.02 Å². The number of benzene rings is 3. The molecule has 0 unspecified atom stereocenters. The van der Waals surface area contributed by atoms with Crippen molar-refractivity contribution >= 4 is 40.2 Å². The maximum absolute atomic E-state index is 12.6. The first-order valence-corrected chi connectivity index (χ1v) is 10.1. The van der Waals surface area contributed by atoms with Crippen LogP contribution in [0.15, 0.2) is 78.2 Å². The zero-order chi connectivity index (χ0) is 21.1. The predicted molar refractivity (Wildman–Crippen MR) is 119 cm³/mol. The van der Waals surface area contributed by atoms with Crippen LogP contribution < -0.4 is 5.32 Å². The van der Waals surface area contributed by atoms with E-state index in [9.17, 15) is 14.9 Å². The summed E-state index contributed by atoms with van der Waals surface area (Å²) in [5.41, 5.74) is 2.74. The summed E-state index contributed by atoms with van der Waals surface area (Å²) in [4.78, 5) is 27.9. The molecule has 0 atom stereocenters. The number of hydrogen-bond donors (Lipinski definition) is 1. The summed E-state index contributed by atoms with van der Waals surface area (Å²) in [5.74, 6) is -0.607. The fraction of sp³-hybridized carbons (Fsp3) is 0. The monoisotopic (exact) mass is 435 g/mol. The Morgan fingerprint density at radius 3 is 2.53 bits per heavy atom. The van der Waals surface area contributed by atoms with E-state index in [0.717, 1.165) is 21.8 Å². The van der Waals surface area contributed by atoms with Crippen molar-refractivity contribution in [3.63, 3.8) is 0 Å². The normalized spacial score (nSPS) is 10.6. The molecule has 4 aromatic rings. The van der Waals surface area contributed by atoms with Crippen LogP contribution in [0.3, 0.4) is 0 Å². The van der Waals surface area contributed by atoms with Gasteiger partial charge in [0.25, 0.3) is 11.6 Å². The molecule has 1 N–H and O–H groups in total. The van der Waals surface area contributed by atoms with Crippen LogP contribution in [0.1, 0.15) is 10.4 Å². The maximum atomic E-state index is 12.6. The van der Waals surface area contributed by atoms with Crippen molar-refractivity contribution in [1.82, 2.24) is 4.98 Å². The molecule has 0 saturated carbocycles. The second-order valence-electron chi connectivity index (χ2n) is 6.36. The highest BCUT2D eigenvalue weighted by atomic mass is 35.5. The van der Waals surface area contributed by atoms with Crippen LogP contribution in [0.25, 0.3) is 21.8 Å². The number of nitrogens with zero attached hydrogens (tertiary/aromatic N) is 2.